The van der Waals surface area contributed by atoms with Gasteiger partial charge in [-0.3, -0.25) is 5.10 Å². The van der Waals surface area contributed by atoms with Crippen molar-refractivity contribution in [3.63, 3.8) is 0 Å². The van der Waals surface area contributed by atoms with Crippen molar-refractivity contribution in [1.82, 2.24) is 20.4 Å². The van der Waals surface area contributed by atoms with Crippen LogP contribution in [0.2, 0.25) is 10.0 Å². The molecule has 1 fully saturated rings. The first kappa shape index (κ1) is 15.8. The molecule has 22 heavy (non-hydrogen) atoms. The molecule has 0 unspecified atom stereocenters. The topological polar surface area (TPSA) is 44.0 Å². The third-order valence-electron chi connectivity index (χ3n) is 4.04. The van der Waals surface area contributed by atoms with E-state index in [1.807, 2.05) is 18.3 Å². The average Bonchev–Trinajstić information content (AvgIpc) is 3.15. The van der Waals surface area contributed by atoms with E-state index < -0.39 is 0 Å². The van der Waals surface area contributed by atoms with Gasteiger partial charge in [0.1, 0.15) is 0 Å². The second-order valence-corrected chi connectivity index (χ2v) is 6.46. The lowest BCUT2D eigenvalue weighted by Crippen LogP contribution is -2.29. The smallest absolute Gasteiger partial charge is 0.0710 e. The van der Waals surface area contributed by atoms with Gasteiger partial charge in [-0.15, -0.1) is 0 Å². The van der Waals surface area contributed by atoms with Crippen molar-refractivity contribution >= 4 is 23.2 Å². The maximum absolute atomic E-state index is 6.28. The van der Waals surface area contributed by atoms with Crippen LogP contribution in [0, 0.1) is 0 Å². The molecule has 118 valence electrons. The van der Waals surface area contributed by atoms with E-state index in [0.717, 1.165) is 36.5 Å². The number of aromatic amines is 1. The maximum Gasteiger partial charge on any atom is 0.0710 e. The Hall–Kier alpha value is -1.07. The van der Waals surface area contributed by atoms with Crippen molar-refractivity contribution < 1.29 is 0 Å². The Balaban J connectivity index is 1.59. The molecule has 2 N–H and O–H groups in total. The summed E-state index contributed by atoms with van der Waals surface area (Å²) in [4.78, 5) is 2.50. The van der Waals surface area contributed by atoms with Gasteiger partial charge in [-0.25, -0.2) is 0 Å². The van der Waals surface area contributed by atoms with Gasteiger partial charge in [-0.2, -0.15) is 5.10 Å². The Morgan fingerprint density at radius 1 is 1.23 bits per heavy atom. The van der Waals surface area contributed by atoms with Gasteiger partial charge in [-0.05, 0) is 44.1 Å². The Labute approximate surface area is 140 Å². The molecule has 2 aromatic rings. The maximum atomic E-state index is 6.28. The molecule has 1 saturated heterocycles. The lowest BCUT2D eigenvalue weighted by molar-refractivity contribution is 0.335. The second-order valence-electron chi connectivity index (χ2n) is 5.62. The molecule has 2 heterocycles. The molecular formula is C16H20Cl2N4. The molecule has 4 nitrogen and oxygen atoms in total. The molecule has 1 aromatic carbocycles. The van der Waals surface area contributed by atoms with Crippen LogP contribution in [0.1, 0.15) is 18.4 Å². The highest BCUT2D eigenvalue weighted by Gasteiger charge is 2.13. The number of likely N-dealkylation sites (tertiary alicyclic amines) is 1. The molecule has 0 bridgehead atoms. The zero-order chi connectivity index (χ0) is 15.4. The van der Waals surface area contributed by atoms with E-state index in [9.17, 15) is 0 Å². The summed E-state index contributed by atoms with van der Waals surface area (Å²) in [6.45, 7) is 5.34. The van der Waals surface area contributed by atoms with Gasteiger partial charge in [0.15, 0.2) is 0 Å². The van der Waals surface area contributed by atoms with Crippen LogP contribution in [-0.4, -0.2) is 41.3 Å². The molecule has 1 aromatic heterocycles. The van der Waals surface area contributed by atoms with Crippen LogP contribution in [0.15, 0.2) is 24.4 Å². The molecule has 0 aliphatic carbocycles. The highest BCUT2D eigenvalue weighted by molar-refractivity contribution is 6.36. The highest BCUT2D eigenvalue weighted by Crippen LogP contribution is 2.30. The van der Waals surface area contributed by atoms with Gasteiger partial charge < -0.3 is 10.2 Å². The first-order valence-corrected chi connectivity index (χ1v) is 8.40. The van der Waals surface area contributed by atoms with Gasteiger partial charge >= 0.3 is 0 Å². The van der Waals surface area contributed by atoms with Gasteiger partial charge in [0.05, 0.1) is 16.9 Å². The minimum Gasteiger partial charge on any atom is -0.311 e. The minimum absolute atomic E-state index is 0.634. The van der Waals surface area contributed by atoms with E-state index in [1.165, 1.54) is 25.9 Å². The van der Waals surface area contributed by atoms with Gasteiger partial charge in [0, 0.05) is 35.8 Å². The van der Waals surface area contributed by atoms with Crippen molar-refractivity contribution in [2.45, 2.75) is 19.4 Å². The highest BCUT2D eigenvalue weighted by atomic mass is 35.5. The quantitative estimate of drug-likeness (QED) is 0.791. The number of halogens is 2. The van der Waals surface area contributed by atoms with Crippen LogP contribution in [0.25, 0.3) is 11.3 Å². The fraction of sp³-hybridized carbons (Fsp3) is 0.438. The molecule has 0 radical (unpaired) electrons. The largest absolute Gasteiger partial charge is 0.311 e. The zero-order valence-corrected chi connectivity index (χ0v) is 13.9. The third-order valence-corrected chi connectivity index (χ3v) is 4.59. The summed E-state index contributed by atoms with van der Waals surface area (Å²) in [6.07, 6.45) is 4.52. The van der Waals surface area contributed by atoms with Crippen LogP contribution in [-0.2, 0) is 6.54 Å². The van der Waals surface area contributed by atoms with Crippen LogP contribution >= 0.6 is 23.2 Å². The van der Waals surface area contributed by atoms with E-state index in [-0.39, 0.29) is 0 Å². The molecule has 0 spiro atoms. The Bertz CT molecular complexity index is 620. The van der Waals surface area contributed by atoms with Crippen molar-refractivity contribution in [1.29, 1.82) is 0 Å². The second kappa shape index (κ2) is 7.47. The fourth-order valence-corrected chi connectivity index (χ4v) is 3.34. The zero-order valence-electron chi connectivity index (χ0n) is 12.4. The number of aromatic nitrogens is 2. The molecule has 0 amide bonds. The number of rotatable bonds is 6. The summed E-state index contributed by atoms with van der Waals surface area (Å²) in [6, 6.07) is 5.52. The number of benzene rings is 1. The van der Waals surface area contributed by atoms with Gasteiger partial charge in [-0.1, -0.05) is 23.2 Å². The lowest BCUT2D eigenvalue weighted by Gasteiger charge is -2.14. The Morgan fingerprint density at radius 3 is 2.82 bits per heavy atom. The summed E-state index contributed by atoms with van der Waals surface area (Å²) in [7, 11) is 0. The first-order chi connectivity index (χ1) is 10.7. The standard InChI is InChI=1S/C16H20Cl2N4/c17-13-3-4-14(15(18)9-13)16-12(11-20-21-16)10-19-5-8-22-6-1-2-7-22/h3-4,9,11,19H,1-2,5-8,10H2,(H,20,21). The molecule has 6 heteroatoms. The number of nitrogens with zero attached hydrogens (tertiary/aromatic N) is 2. The minimum atomic E-state index is 0.634. The van der Waals surface area contributed by atoms with Crippen LogP contribution in [0.4, 0.5) is 0 Å². The summed E-state index contributed by atoms with van der Waals surface area (Å²) in [5, 5.41) is 11.9. The summed E-state index contributed by atoms with van der Waals surface area (Å²) in [5.74, 6) is 0. The molecule has 0 atom stereocenters. The molecule has 3 rings (SSSR count). The first-order valence-electron chi connectivity index (χ1n) is 7.65. The SMILES string of the molecule is Clc1ccc(-c2[nH]ncc2CNCCN2CCCC2)c(Cl)c1. The van der Waals surface area contributed by atoms with Crippen molar-refractivity contribution in [3.8, 4) is 11.3 Å². The van der Waals surface area contributed by atoms with E-state index in [1.54, 1.807) is 6.07 Å². The summed E-state index contributed by atoms with van der Waals surface area (Å²) < 4.78 is 0. The summed E-state index contributed by atoms with van der Waals surface area (Å²) >= 11 is 12.2. The van der Waals surface area contributed by atoms with E-state index in [4.69, 9.17) is 23.2 Å². The summed E-state index contributed by atoms with van der Waals surface area (Å²) in [5.41, 5.74) is 3.00. The van der Waals surface area contributed by atoms with Crippen molar-refractivity contribution in [2.75, 3.05) is 26.2 Å². The third kappa shape index (κ3) is 3.82. The molecule has 0 saturated carbocycles. The van der Waals surface area contributed by atoms with E-state index >= 15 is 0 Å². The number of nitrogens with one attached hydrogen (secondary N) is 2. The predicted molar refractivity (Wildman–Crippen MR) is 91.4 cm³/mol. The van der Waals surface area contributed by atoms with Crippen LogP contribution < -0.4 is 5.32 Å². The van der Waals surface area contributed by atoms with E-state index in [2.05, 4.69) is 20.4 Å². The number of H-pyrrole nitrogens is 1. The molecule has 1 aliphatic rings. The Morgan fingerprint density at radius 2 is 2.05 bits per heavy atom. The van der Waals surface area contributed by atoms with Crippen LogP contribution in [0.3, 0.4) is 0 Å². The fourth-order valence-electron chi connectivity index (χ4n) is 2.84. The molecular weight excluding hydrogens is 319 g/mol. The number of hydrogen-bond acceptors (Lipinski definition) is 3. The van der Waals surface area contributed by atoms with Gasteiger partial charge in [0.25, 0.3) is 0 Å². The predicted octanol–water partition coefficient (Wildman–Crippen LogP) is 3.57. The van der Waals surface area contributed by atoms with Gasteiger partial charge in [0.2, 0.25) is 0 Å². The Kier molecular flexibility index (Phi) is 5.37. The normalized spacial score (nSPS) is 15.5. The monoisotopic (exact) mass is 338 g/mol. The lowest BCUT2D eigenvalue weighted by atomic mass is 10.1. The van der Waals surface area contributed by atoms with E-state index in [0.29, 0.717) is 10.0 Å². The van der Waals surface area contributed by atoms with Crippen molar-refractivity contribution in [2.24, 2.45) is 0 Å². The number of hydrogen-bond donors (Lipinski definition) is 2. The van der Waals surface area contributed by atoms with Crippen LogP contribution in [0.5, 0.6) is 0 Å². The van der Waals surface area contributed by atoms with Crippen molar-refractivity contribution in [3.05, 3.63) is 40.0 Å². The molecule has 1 aliphatic heterocycles. The average molecular weight is 339 g/mol.